The number of fused-ring (bicyclic) bond motifs is 1. The van der Waals surface area contributed by atoms with Crippen molar-refractivity contribution in [1.29, 1.82) is 0 Å². The number of aromatic nitrogens is 1. The Hall–Kier alpha value is -3.09. The molecule has 0 saturated heterocycles. The van der Waals surface area contributed by atoms with Crippen LogP contribution in [0.2, 0.25) is 0 Å². The molecule has 0 atom stereocenters. The molecular weight excluding hydrogens is 528 g/mol. The molecule has 1 heterocycles. The molecule has 0 radical (unpaired) electrons. The van der Waals surface area contributed by atoms with E-state index >= 15 is 0 Å². The van der Waals surface area contributed by atoms with Crippen molar-refractivity contribution in [2.45, 2.75) is 131 Å². The van der Waals surface area contributed by atoms with Gasteiger partial charge in [-0.05, 0) is 58.6 Å². The van der Waals surface area contributed by atoms with Gasteiger partial charge in [0, 0.05) is 24.1 Å². The Kier molecular flexibility index (Phi) is 16.7. The van der Waals surface area contributed by atoms with Crippen LogP contribution < -0.4 is 15.0 Å². The zero-order chi connectivity index (χ0) is 30.7. The Labute approximate surface area is 253 Å². The minimum Gasteiger partial charge on any atom is -0.485 e. The summed E-state index contributed by atoms with van der Waals surface area (Å²) >= 11 is 0. The topological polar surface area (TPSA) is 83.6 Å². The van der Waals surface area contributed by atoms with Gasteiger partial charge in [0.15, 0.2) is 5.75 Å². The van der Waals surface area contributed by atoms with Gasteiger partial charge in [0.1, 0.15) is 6.61 Å². The Balaban J connectivity index is 2.40. The van der Waals surface area contributed by atoms with Crippen molar-refractivity contribution in [3.05, 3.63) is 62.0 Å². The molecule has 7 nitrogen and oxygen atoms in total. The fraction of sp³-hybridized carbons (Fsp3) is 0.629. The number of hydrogen-bond acceptors (Lipinski definition) is 5. The molecule has 2 rings (SSSR count). The SMILES string of the molecule is CCCCCCCCOc1c(OC/C=C(\C)CCC=C(C)C)c2ccc([N+](=O)[O-])cc2n(CCCCCCCC)c1=O. The number of nitrogens with zero attached hydrogens (tertiary/aromatic N) is 2. The number of benzene rings is 1. The quantitative estimate of drug-likeness (QED) is 0.0597. The van der Waals surface area contributed by atoms with E-state index in [1.807, 2.05) is 6.08 Å². The first-order valence-corrected chi connectivity index (χ1v) is 16.2. The average molecular weight is 583 g/mol. The molecule has 0 spiro atoms. The highest BCUT2D eigenvalue weighted by Gasteiger charge is 2.22. The van der Waals surface area contributed by atoms with Crippen LogP contribution in [0, 0.1) is 10.1 Å². The molecule has 0 aliphatic rings. The van der Waals surface area contributed by atoms with Gasteiger partial charge in [0.25, 0.3) is 11.2 Å². The first-order chi connectivity index (χ1) is 20.3. The lowest BCUT2D eigenvalue weighted by Gasteiger charge is -2.18. The van der Waals surface area contributed by atoms with Gasteiger partial charge in [0.2, 0.25) is 5.75 Å². The minimum atomic E-state index is -0.416. The number of aryl methyl sites for hydroxylation is 1. The van der Waals surface area contributed by atoms with Crippen molar-refractivity contribution in [3.8, 4) is 11.5 Å². The highest BCUT2D eigenvalue weighted by Crippen LogP contribution is 2.35. The molecule has 0 N–H and O–H groups in total. The number of nitro groups is 1. The van der Waals surface area contributed by atoms with Crippen LogP contribution in [0.1, 0.15) is 125 Å². The van der Waals surface area contributed by atoms with Crippen molar-refractivity contribution < 1.29 is 14.4 Å². The molecule has 1 aromatic carbocycles. The third kappa shape index (κ3) is 12.0. The summed E-state index contributed by atoms with van der Waals surface area (Å²) in [5.41, 5.74) is 2.71. The lowest BCUT2D eigenvalue weighted by atomic mass is 10.1. The van der Waals surface area contributed by atoms with Gasteiger partial charge < -0.3 is 14.0 Å². The number of rotatable bonds is 22. The lowest BCUT2D eigenvalue weighted by Crippen LogP contribution is -2.24. The second-order valence-electron chi connectivity index (χ2n) is 11.6. The van der Waals surface area contributed by atoms with E-state index in [1.54, 1.807) is 10.6 Å². The standard InChI is InChI=1S/C35H54N2O5/c1-6-8-10-12-14-16-24-36-32-27-30(37(39)40)21-22-31(32)33(42-26-23-29(5)20-18-19-28(3)4)34(35(36)38)41-25-17-15-13-11-9-7-2/h19,21-23,27H,6-18,20,24-26H2,1-5H3/b29-23+. The minimum absolute atomic E-state index is 0.0414. The van der Waals surface area contributed by atoms with Crippen molar-refractivity contribution in [3.63, 3.8) is 0 Å². The molecule has 0 saturated carbocycles. The van der Waals surface area contributed by atoms with E-state index in [2.05, 4.69) is 40.7 Å². The van der Waals surface area contributed by atoms with Crippen molar-refractivity contribution in [1.82, 2.24) is 4.57 Å². The number of unbranched alkanes of at least 4 members (excludes halogenated alkanes) is 10. The van der Waals surface area contributed by atoms with Gasteiger partial charge in [-0.3, -0.25) is 14.9 Å². The first-order valence-electron chi connectivity index (χ1n) is 16.2. The summed E-state index contributed by atoms with van der Waals surface area (Å²) in [6, 6.07) is 4.68. The Bertz CT molecular complexity index is 1220. The summed E-state index contributed by atoms with van der Waals surface area (Å²) in [5, 5.41) is 12.3. The fourth-order valence-electron chi connectivity index (χ4n) is 5.06. The zero-order valence-electron chi connectivity index (χ0n) is 26.8. The molecule has 1 aromatic heterocycles. The summed E-state index contributed by atoms with van der Waals surface area (Å²) in [6.07, 6.45) is 19.4. The predicted molar refractivity (Wildman–Crippen MR) is 175 cm³/mol. The molecular formula is C35H54N2O5. The van der Waals surface area contributed by atoms with E-state index in [-0.39, 0.29) is 17.0 Å². The Morgan fingerprint density at radius 3 is 2.14 bits per heavy atom. The van der Waals surface area contributed by atoms with E-state index < -0.39 is 4.92 Å². The highest BCUT2D eigenvalue weighted by atomic mass is 16.6. The molecule has 0 aliphatic heterocycles. The van der Waals surface area contributed by atoms with Crippen LogP contribution in [0.25, 0.3) is 10.9 Å². The molecule has 2 aromatic rings. The van der Waals surface area contributed by atoms with E-state index in [1.165, 1.54) is 61.8 Å². The Morgan fingerprint density at radius 2 is 1.50 bits per heavy atom. The number of non-ortho nitro benzene ring substituents is 1. The summed E-state index contributed by atoms with van der Waals surface area (Å²) in [7, 11) is 0. The smallest absolute Gasteiger partial charge is 0.297 e. The van der Waals surface area contributed by atoms with Gasteiger partial charge in [-0.2, -0.15) is 0 Å². The normalized spacial score (nSPS) is 11.6. The Morgan fingerprint density at radius 1 is 0.857 bits per heavy atom. The van der Waals surface area contributed by atoms with Crippen LogP contribution in [0.5, 0.6) is 11.5 Å². The van der Waals surface area contributed by atoms with Crippen LogP contribution in [0.3, 0.4) is 0 Å². The molecule has 42 heavy (non-hydrogen) atoms. The summed E-state index contributed by atoms with van der Waals surface area (Å²) in [6.45, 7) is 11.9. The molecule has 0 unspecified atom stereocenters. The van der Waals surface area contributed by atoms with Crippen LogP contribution in [-0.2, 0) is 6.54 Å². The van der Waals surface area contributed by atoms with Crippen LogP contribution in [-0.4, -0.2) is 22.7 Å². The number of pyridine rings is 1. The second kappa shape index (κ2) is 19.9. The summed E-state index contributed by atoms with van der Waals surface area (Å²) in [4.78, 5) is 25.2. The number of hydrogen-bond donors (Lipinski definition) is 0. The van der Waals surface area contributed by atoms with Crippen LogP contribution in [0.15, 0.2) is 46.3 Å². The zero-order valence-corrected chi connectivity index (χ0v) is 26.8. The number of allylic oxidation sites excluding steroid dienone is 3. The van der Waals surface area contributed by atoms with Crippen molar-refractivity contribution in [2.75, 3.05) is 13.2 Å². The van der Waals surface area contributed by atoms with Crippen LogP contribution >= 0.6 is 0 Å². The van der Waals surface area contributed by atoms with Gasteiger partial charge >= 0.3 is 0 Å². The molecule has 7 heteroatoms. The van der Waals surface area contributed by atoms with E-state index in [0.717, 1.165) is 51.4 Å². The van der Waals surface area contributed by atoms with Gasteiger partial charge in [-0.1, -0.05) is 95.3 Å². The first kappa shape index (κ1) is 35.1. The largest absolute Gasteiger partial charge is 0.485 e. The molecule has 234 valence electrons. The van der Waals surface area contributed by atoms with Gasteiger partial charge in [-0.25, -0.2) is 0 Å². The van der Waals surface area contributed by atoms with Crippen molar-refractivity contribution >= 4 is 16.6 Å². The van der Waals surface area contributed by atoms with E-state index in [0.29, 0.717) is 36.4 Å². The maximum atomic E-state index is 13.9. The van der Waals surface area contributed by atoms with E-state index in [4.69, 9.17) is 9.47 Å². The molecule has 0 aliphatic carbocycles. The summed E-state index contributed by atoms with van der Waals surface area (Å²) in [5.74, 6) is 0.593. The summed E-state index contributed by atoms with van der Waals surface area (Å²) < 4.78 is 14.1. The van der Waals surface area contributed by atoms with Gasteiger partial charge in [0.05, 0.1) is 17.0 Å². The maximum absolute atomic E-state index is 13.9. The predicted octanol–water partition coefficient (Wildman–Crippen LogP) is 10.1. The second-order valence-corrected chi connectivity index (χ2v) is 11.6. The molecule has 0 fully saturated rings. The van der Waals surface area contributed by atoms with E-state index in [9.17, 15) is 14.9 Å². The third-order valence-electron chi connectivity index (χ3n) is 7.60. The molecule has 0 amide bonds. The highest BCUT2D eigenvalue weighted by molar-refractivity contribution is 5.89. The monoisotopic (exact) mass is 582 g/mol. The number of ether oxygens (including phenoxy) is 2. The van der Waals surface area contributed by atoms with Crippen LogP contribution in [0.4, 0.5) is 5.69 Å². The third-order valence-corrected chi connectivity index (χ3v) is 7.60. The average Bonchev–Trinajstić information content (AvgIpc) is 2.96. The molecule has 0 bridgehead atoms. The maximum Gasteiger partial charge on any atom is 0.297 e. The number of nitro benzene ring substituents is 1. The van der Waals surface area contributed by atoms with Gasteiger partial charge in [-0.15, -0.1) is 0 Å². The van der Waals surface area contributed by atoms with Crippen molar-refractivity contribution in [2.24, 2.45) is 0 Å². The fourth-order valence-corrected chi connectivity index (χ4v) is 5.06. The lowest BCUT2D eigenvalue weighted by molar-refractivity contribution is -0.384.